The number of amides is 1. The number of halogens is 1. The molecule has 2 aromatic rings. The van der Waals surface area contributed by atoms with Gasteiger partial charge in [-0.2, -0.15) is 0 Å². The van der Waals surface area contributed by atoms with Gasteiger partial charge in [-0.15, -0.1) is 0 Å². The second-order valence-corrected chi connectivity index (χ2v) is 4.60. The van der Waals surface area contributed by atoms with E-state index in [1.807, 2.05) is 13.0 Å². The van der Waals surface area contributed by atoms with Crippen LogP contribution in [0, 0.1) is 5.82 Å². The Bertz CT molecular complexity index is 616. The number of hydrogen-bond donors (Lipinski definition) is 2. The molecular formula is C15H16FN3O. The first-order valence-electron chi connectivity index (χ1n) is 6.29. The third-order valence-corrected chi connectivity index (χ3v) is 3.05. The first-order valence-corrected chi connectivity index (χ1v) is 6.29. The molecular weight excluding hydrogens is 257 g/mol. The fourth-order valence-electron chi connectivity index (χ4n) is 1.89. The van der Waals surface area contributed by atoms with Crippen molar-refractivity contribution in [3.63, 3.8) is 0 Å². The molecule has 1 unspecified atom stereocenters. The summed E-state index contributed by atoms with van der Waals surface area (Å²) in [7, 11) is 0. The number of carbonyl (C=O) groups is 1. The van der Waals surface area contributed by atoms with E-state index in [2.05, 4.69) is 10.3 Å². The summed E-state index contributed by atoms with van der Waals surface area (Å²) in [4.78, 5) is 14.9. The van der Waals surface area contributed by atoms with Crippen LogP contribution in [0.5, 0.6) is 0 Å². The van der Waals surface area contributed by atoms with Crippen LogP contribution in [0.1, 0.15) is 34.5 Å². The van der Waals surface area contributed by atoms with Crippen LogP contribution in [-0.4, -0.2) is 10.9 Å². The third-order valence-electron chi connectivity index (χ3n) is 3.05. The number of nitrogens with two attached hydrogens (primary N) is 1. The largest absolute Gasteiger partial charge is 0.366 e. The molecule has 0 fully saturated rings. The van der Waals surface area contributed by atoms with Gasteiger partial charge >= 0.3 is 0 Å². The van der Waals surface area contributed by atoms with E-state index in [-0.39, 0.29) is 11.9 Å². The highest BCUT2D eigenvalue weighted by atomic mass is 19.1. The molecule has 5 heteroatoms. The number of nitrogens with zero attached hydrogens (tertiary/aromatic N) is 1. The topological polar surface area (TPSA) is 68.0 Å². The van der Waals surface area contributed by atoms with Crippen molar-refractivity contribution in [1.29, 1.82) is 0 Å². The number of benzene rings is 1. The standard InChI is InChI=1S/C15H16FN3O/c1-10(13-6-14(16)9-18-8-13)19-7-11-3-2-4-12(5-11)15(17)20/h2-6,8-10,19H,7H2,1H3,(H2,17,20). The Morgan fingerprint density at radius 3 is 2.90 bits per heavy atom. The van der Waals surface area contributed by atoms with E-state index in [0.717, 1.165) is 11.1 Å². The molecule has 1 atom stereocenters. The van der Waals surface area contributed by atoms with Crippen molar-refractivity contribution in [3.8, 4) is 0 Å². The number of nitrogens with one attached hydrogen (secondary N) is 1. The van der Waals surface area contributed by atoms with Crippen molar-refractivity contribution in [2.75, 3.05) is 0 Å². The zero-order chi connectivity index (χ0) is 14.5. The van der Waals surface area contributed by atoms with Gasteiger partial charge in [0.15, 0.2) is 0 Å². The molecule has 0 aliphatic rings. The van der Waals surface area contributed by atoms with Gasteiger partial charge in [0.1, 0.15) is 5.82 Å². The summed E-state index contributed by atoms with van der Waals surface area (Å²) < 4.78 is 13.1. The molecule has 0 bridgehead atoms. The van der Waals surface area contributed by atoms with Gasteiger partial charge in [0.25, 0.3) is 0 Å². The van der Waals surface area contributed by atoms with E-state index in [0.29, 0.717) is 12.1 Å². The molecule has 2 rings (SSSR count). The average molecular weight is 273 g/mol. The van der Waals surface area contributed by atoms with Crippen LogP contribution in [0.2, 0.25) is 0 Å². The molecule has 3 N–H and O–H groups in total. The number of hydrogen-bond acceptors (Lipinski definition) is 3. The molecule has 1 aromatic carbocycles. The first kappa shape index (κ1) is 14.1. The SMILES string of the molecule is CC(NCc1cccc(C(N)=O)c1)c1cncc(F)c1. The maximum absolute atomic E-state index is 13.1. The van der Waals surface area contributed by atoms with Gasteiger partial charge < -0.3 is 11.1 Å². The lowest BCUT2D eigenvalue weighted by molar-refractivity contribution is 0.1000. The number of pyridine rings is 1. The summed E-state index contributed by atoms with van der Waals surface area (Å²) in [6, 6.07) is 8.50. The normalized spacial score (nSPS) is 12.1. The van der Waals surface area contributed by atoms with Crippen molar-refractivity contribution in [1.82, 2.24) is 10.3 Å². The van der Waals surface area contributed by atoms with Crippen LogP contribution >= 0.6 is 0 Å². The fraction of sp³-hybridized carbons (Fsp3) is 0.200. The van der Waals surface area contributed by atoms with E-state index < -0.39 is 5.91 Å². The van der Waals surface area contributed by atoms with Crippen molar-refractivity contribution in [2.24, 2.45) is 5.73 Å². The van der Waals surface area contributed by atoms with Crippen molar-refractivity contribution in [3.05, 3.63) is 65.2 Å². The van der Waals surface area contributed by atoms with Crippen molar-refractivity contribution >= 4 is 5.91 Å². The van der Waals surface area contributed by atoms with Gasteiger partial charge in [-0.25, -0.2) is 4.39 Å². The van der Waals surface area contributed by atoms with Crippen LogP contribution in [0.3, 0.4) is 0 Å². The molecule has 1 heterocycles. The molecule has 0 saturated heterocycles. The molecule has 20 heavy (non-hydrogen) atoms. The minimum atomic E-state index is -0.450. The van der Waals surface area contributed by atoms with E-state index in [9.17, 15) is 9.18 Å². The molecule has 0 aliphatic carbocycles. The molecule has 0 aliphatic heterocycles. The highest BCUT2D eigenvalue weighted by Crippen LogP contribution is 2.13. The first-order chi connectivity index (χ1) is 9.56. The Morgan fingerprint density at radius 1 is 1.40 bits per heavy atom. The lowest BCUT2D eigenvalue weighted by Crippen LogP contribution is -2.19. The summed E-state index contributed by atoms with van der Waals surface area (Å²) in [5.41, 5.74) is 7.43. The molecule has 0 saturated carbocycles. The molecule has 1 amide bonds. The molecule has 104 valence electrons. The average Bonchev–Trinajstić information content (AvgIpc) is 2.45. The molecule has 4 nitrogen and oxygen atoms in total. The fourth-order valence-corrected chi connectivity index (χ4v) is 1.89. The lowest BCUT2D eigenvalue weighted by atomic mass is 10.1. The Kier molecular flexibility index (Phi) is 4.42. The van der Waals surface area contributed by atoms with E-state index >= 15 is 0 Å². The molecule has 0 radical (unpaired) electrons. The van der Waals surface area contributed by atoms with Crippen LogP contribution in [0.15, 0.2) is 42.7 Å². The lowest BCUT2D eigenvalue weighted by Gasteiger charge is -2.14. The molecule has 0 spiro atoms. The van der Waals surface area contributed by atoms with Crippen LogP contribution in [-0.2, 0) is 6.54 Å². The van der Waals surface area contributed by atoms with Crippen LogP contribution < -0.4 is 11.1 Å². The predicted octanol–water partition coefficient (Wildman–Crippen LogP) is 2.17. The number of carbonyl (C=O) groups excluding carboxylic acids is 1. The summed E-state index contributed by atoms with van der Waals surface area (Å²) in [6.45, 7) is 2.48. The minimum Gasteiger partial charge on any atom is -0.366 e. The van der Waals surface area contributed by atoms with E-state index in [4.69, 9.17) is 5.73 Å². The summed E-state index contributed by atoms with van der Waals surface area (Å²) >= 11 is 0. The Labute approximate surface area is 116 Å². The van der Waals surface area contributed by atoms with Gasteiger partial charge in [0, 0.05) is 24.3 Å². The summed E-state index contributed by atoms with van der Waals surface area (Å²) in [5.74, 6) is -0.805. The molecule has 1 aromatic heterocycles. The maximum Gasteiger partial charge on any atom is 0.248 e. The van der Waals surface area contributed by atoms with E-state index in [1.165, 1.54) is 12.3 Å². The zero-order valence-corrected chi connectivity index (χ0v) is 11.1. The van der Waals surface area contributed by atoms with Gasteiger partial charge in [-0.3, -0.25) is 9.78 Å². The van der Waals surface area contributed by atoms with Gasteiger partial charge in [0.2, 0.25) is 5.91 Å². The third kappa shape index (κ3) is 3.61. The van der Waals surface area contributed by atoms with Gasteiger partial charge in [0.05, 0.1) is 6.20 Å². The Morgan fingerprint density at radius 2 is 2.20 bits per heavy atom. The van der Waals surface area contributed by atoms with E-state index in [1.54, 1.807) is 24.4 Å². The highest BCUT2D eigenvalue weighted by molar-refractivity contribution is 5.92. The van der Waals surface area contributed by atoms with Crippen LogP contribution in [0.4, 0.5) is 4.39 Å². The summed E-state index contributed by atoms with van der Waals surface area (Å²) in [5, 5.41) is 3.25. The monoisotopic (exact) mass is 273 g/mol. The summed E-state index contributed by atoms with van der Waals surface area (Å²) in [6.07, 6.45) is 2.80. The zero-order valence-electron chi connectivity index (χ0n) is 11.1. The smallest absolute Gasteiger partial charge is 0.248 e. The van der Waals surface area contributed by atoms with Gasteiger partial charge in [-0.1, -0.05) is 12.1 Å². The second-order valence-electron chi connectivity index (χ2n) is 4.60. The van der Waals surface area contributed by atoms with Crippen LogP contribution in [0.25, 0.3) is 0 Å². The van der Waals surface area contributed by atoms with Crippen molar-refractivity contribution < 1.29 is 9.18 Å². The number of rotatable bonds is 5. The second kappa shape index (κ2) is 6.25. The van der Waals surface area contributed by atoms with Crippen molar-refractivity contribution in [2.45, 2.75) is 19.5 Å². The number of primary amides is 1. The Hall–Kier alpha value is -2.27. The maximum atomic E-state index is 13.1. The van der Waals surface area contributed by atoms with Gasteiger partial charge in [-0.05, 0) is 36.2 Å². The quantitative estimate of drug-likeness (QED) is 0.877. The number of aromatic nitrogens is 1. The minimum absolute atomic E-state index is 0.0459. The Balaban J connectivity index is 2.01. The predicted molar refractivity (Wildman–Crippen MR) is 74.4 cm³/mol. The highest BCUT2D eigenvalue weighted by Gasteiger charge is 2.07.